The number of alkyl halides is 1. The van der Waals surface area contributed by atoms with Gasteiger partial charge in [0.15, 0.2) is 11.4 Å². The van der Waals surface area contributed by atoms with Gasteiger partial charge in [-0.1, -0.05) is 72.1 Å². The second-order valence-corrected chi connectivity index (χ2v) is 7.09. The quantitative estimate of drug-likeness (QED) is 0.419. The first kappa shape index (κ1) is 18.2. The normalized spacial score (nSPS) is 22.6. The van der Waals surface area contributed by atoms with E-state index in [-0.39, 0.29) is 11.7 Å². The zero-order chi connectivity index (χ0) is 17.7. The van der Waals surface area contributed by atoms with Crippen molar-refractivity contribution >= 4 is 32.7 Å². The molecule has 0 N–H and O–H groups in total. The third kappa shape index (κ3) is 3.65. The fraction of sp³-hybridized carbons (Fsp3) is 0.381. The van der Waals surface area contributed by atoms with Crippen molar-refractivity contribution in [1.29, 1.82) is 0 Å². The Morgan fingerprint density at radius 2 is 2.16 bits per heavy atom. The van der Waals surface area contributed by atoms with Crippen LogP contribution in [0.5, 0.6) is 0 Å². The number of fused-ring (bicyclic) bond motifs is 1. The summed E-state index contributed by atoms with van der Waals surface area (Å²) in [7, 11) is 0. The van der Waals surface area contributed by atoms with E-state index in [0.29, 0.717) is 17.7 Å². The molecule has 2 atom stereocenters. The van der Waals surface area contributed by atoms with Crippen molar-refractivity contribution in [3.05, 3.63) is 60.4 Å². The molecule has 2 unspecified atom stereocenters. The van der Waals surface area contributed by atoms with Gasteiger partial charge in [-0.25, -0.2) is 0 Å². The van der Waals surface area contributed by atoms with Gasteiger partial charge >= 0.3 is 0 Å². The average Bonchev–Trinajstić information content (AvgIpc) is 3.08. The lowest BCUT2D eigenvalue weighted by molar-refractivity contribution is -0.0179. The van der Waals surface area contributed by atoms with Crippen molar-refractivity contribution in [2.75, 3.05) is 11.9 Å². The maximum atomic E-state index is 13.5. The molecule has 2 aromatic rings. The van der Waals surface area contributed by atoms with Gasteiger partial charge in [0, 0.05) is 16.6 Å². The largest absolute Gasteiger partial charge is 0.453 e. The molecule has 132 valence electrons. The van der Waals surface area contributed by atoms with Gasteiger partial charge in [-0.05, 0) is 24.6 Å². The van der Waals surface area contributed by atoms with Gasteiger partial charge in [0.25, 0.3) is 0 Å². The lowest BCUT2D eigenvalue weighted by Crippen LogP contribution is -2.47. The molecule has 0 bridgehead atoms. The van der Waals surface area contributed by atoms with Crippen LogP contribution >= 0.6 is 15.9 Å². The molecule has 0 saturated heterocycles. The van der Waals surface area contributed by atoms with Crippen LogP contribution < -0.4 is 0 Å². The van der Waals surface area contributed by atoms with Crippen LogP contribution in [0.1, 0.15) is 36.7 Å². The Labute approximate surface area is 156 Å². The number of unbranched alkanes of at least 4 members (excludes halogenated alkanes) is 1. The number of para-hydroxylation sites is 1. The van der Waals surface area contributed by atoms with E-state index < -0.39 is 5.60 Å². The van der Waals surface area contributed by atoms with Gasteiger partial charge in [0.1, 0.15) is 5.58 Å². The molecule has 1 aromatic carbocycles. The highest BCUT2D eigenvalue weighted by atomic mass is 79.9. The monoisotopic (exact) mass is 402 g/mol. The molecular formula is C21H23BrO3. The molecule has 25 heavy (non-hydrogen) atoms. The summed E-state index contributed by atoms with van der Waals surface area (Å²) in [5, 5.41) is 1.61. The molecule has 4 heteroatoms. The van der Waals surface area contributed by atoms with Gasteiger partial charge in [0.05, 0.1) is 6.61 Å². The highest BCUT2D eigenvalue weighted by Gasteiger charge is 2.45. The fourth-order valence-electron chi connectivity index (χ4n) is 3.36. The van der Waals surface area contributed by atoms with Crippen LogP contribution in [0, 0.1) is 5.92 Å². The molecule has 0 radical (unpaired) electrons. The molecule has 1 aliphatic carbocycles. The number of rotatable bonds is 8. The Bertz CT molecular complexity index is 756. The topological polar surface area (TPSA) is 39.4 Å². The molecule has 0 saturated carbocycles. The van der Waals surface area contributed by atoms with Crippen LogP contribution in [-0.4, -0.2) is 23.3 Å². The van der Waals surface area contributed by atoms with Crippen molar-refractivity contribution < 1.29 is 13.9 Å². The Morgan fingerprint density at radius 3 is 2.92 bits per heavy atom. The summed E-state index contributed by atoms with van der Waals surface area (Å²) in [5.41, 5.74) is -0.270. The van der Waals surface area contributed by atoms with Crippen LogP contribution in [0.3, 0.4) is 0 Å². The first-order chi connectivity index (χ1) is 12.2. The maximum Gasteiger partial charge on any atom is 0.234 e. The number of hydrogen-bond donors (Lipinski definition) is 0. The molecule has 1 aliphatic rings. The highest BCUT2D eigenvalue weighted by Crippen LogP contribution is 2.37. The number of ketones is 1. The average molecular weight is 403 g/mol. The van der Waals surface area contributed by atoms with Crippen LogP contribution in [0.15, 0.2) is 59.1 Å². The lowest BCUT2D eigenvalue weighted by Gasteiger charge is -2.36. The number of halogens is 1. The highest BCUT2D eigenvalue weighted by molar-refractivity contribution is 9.09. The van der Waals surface area contributed by atoms with Crippen LogP contribution in [-0.2, 0) is 4.74 Å². The Balaban J connectivity index is 1.99. The molecular weight excluding hydrogens is 380 g/mol. The molecule has 0 amide bonds. The number of Topliss-reactive ketones (excluding diaryl/α,β-unsaturated/α-hetero) is 1. The summed E-state index contributed by atoms with van der Waals surface area (Å²) in [6.07, 6.45) is 10.9. The van der Waals surface area contributed by atoms with E-state index >= 15 is 0 Å². The number of ether oxygens (including phenoxy) is 1. The summed E-state index contributed by atoms with van der Waals surface area (Å²) in [4.78, 5) is 13.5. The number of carbonyl (C=O) groups is 1. The molecule has 0 aliphatic heterocycles. The number of benzene rings is 1. The summed E-state index contributed by atoms with van der Waals surface area (Å²) in [6.45, 7) is 2.62. The van der Waals surface area contributed by atoms with Gasteiger partial charge in [-0.15, -0.1) is 0 Å². The fourth-order valence-corrected chi connectivity index (χ4v) is 3.52. The zero-order valence-corrected chi connectivity index (χ0v) is 16.0. The Kier molecular flexibility index (Phi) is 5.92. The number of allylic oxidation sites excluding steroid dienone is 2. The van der Waals surface area contributed by atoms with Crippen LogP contribution in [0.4, 0.5) is 0 Å². The number of carbonyl (C=O) groups excluding carboxylic acids is 1. The minimum absolute atomic E-state index is 0.0113. The van der Waals surface area contributed by atoms with Crippen molar-refractivity contribution in [1.82, 2.24) is 0 Å². The molecule has 1 aromatic heterocycles. The summed E-state index contributed by atoms with van der Waals surface area (Å²) < 4.78 is 12.0. The molecule has 3 rings (SSSR count). The van der Waals surface area contributed by atoms with E-state index in [2.05, 4.69) is 28.9 Å². The van der Waals surface area contributed by atoms with Gasteiger partial charge in [-0.2, -0.15) is 0 Å². The minimum atomic E-state index is -0.994. The number of hydrogen-bond acceptors (Lipinski definition) is 3. The summed E-state index contributed by atoms with van der Waals surface area (Å²) in [5.74, 6) is 0.265. The van der Waals surface area contributed by atoms with Gasteiger partial charge < -0.3 is 9.15 Å². The predicted molar refractivity (Wildman–Crippen MR) is 104 cm³/mol. The van der Waals surface area contributed by atoms with Crippen LogP contribution in [0.25, 0.3) is 11.0 Å². The first-order valence-corrected chi connectivity index (χ1v) is 9.92. The predicted octanol–water partition coefficient (Wildman–Crippen LogP) is 5.70. The zero-order valence-electron chi connectivity index (χ0n) is 14.4. The van der Waals surface area contributed by atoms with E-state index in [1.807, 2.05) is 48.6 Å². The lowest BCUT2D eigenvalue weighted by atomic mass is 9.77. The summed E-state index contributed by atoms with van der Waals surface area (Å²) in [6, 6.07) is 9.50. The second-order valence-electron chi connectivity index (χ2n) is 6.30. The Hall–Kier alpha value is -1.65. The van der Waals surface area contributed by atoms with Gasteiger partial charge in [-0.3, -0.25) is 4.79 Å². The second kappa shape index (κ2) is 8.15. The van der Waals surface area contributed by atoms with Crippen molar-refractivity contribution in [2.24, 2.45) is 5.92 Å². The molecule has 3 nitrogen and oxygen atoms in total. The third-order valence-electron chi connectivity index (χ3n) is 4.64. The van der Waals surface area contributed by atoms with Crippen molar-refractivity contribution in [3.63, 3.8) is 0 Å². The smallest absolute Gasteiger partial charge is 0.234 e. The van der Waals surface area contributed by atoms with E-state index in [1.165, 1.54) is 0 Å². The van der Waals surface area contributed by atoms with E-state index in [9.17, 15) is 4.79 Å². The van der Waals surface area contributed by atoms with E-state index in [0.717, 1.165) is 30.2 Å². The van der Waals surface area contributed by atoms with E-state index in [4.69, 9.17) is 9.15 Å². The third-order valence-corrected chi connectivity index (χ3v) is 4.96. The van der Waals surface area contributed by atoms with Crippen molar-refractivity contribution in [2.45, 2.75) is 31.8 Å². The molecule has 0 spiro atoms. The Morgan fingerprint density at radius 1 is 1.32 bits per heavy atom. The van der Waals surface area contributed by atoms with Crippen molar-refractivity contribution in [3.8, 4) is 0 Å². The van der Waals surface area contributed by atoms with Gasteiger partial charge in [0.2, 0.25) is 5.78 Å². The number of furan rings is 1. The SMILES string of the molecule is CCCCC1C=CC=CC1(OCCBr)C(=O)c1cc2ccccc2o1. The minimum Gasteiger partial charge on any atom is -0.453 e. The van der Waals surface area contributed by atoms with Crippen LogP contribution in [0.2, 0.25) is 0 Å². The molecule has 1 heterocycles. The first-order valence-electron chi connectivity index (χ1n) is 8.80. The standard InChI is InChI=1S/C21H23BrO3/c1-2-3-9-17-10-6-7-12-21(17,24-14-13-22)20(23)19-15-16-8-4-5-11-18(16)25-19/h4-8,10-12,15,17H,2-3,9,13-14H2,1H3. The van der Waals surface area contributed by atoms with E-state index in [1.54, 1.807) is 0 Å². The maximum absolute atomic E-state index is 13.5. The summed E-state index contributed by atoms with van der Waals surface area (Å²) >= 11 is 3.40. The molecule has 0 fully saturated rings.